The molecular formula is C22H25ClN4O. The van der Waals surface area contributed by atoms with Gasteiger partial charge < -0.3 is 20.2 Å². The van der Waals surface area contributed by atoms with Gasteiger partial charge in [-0.3, -0.25) is 4.98 Å². The van der Waals surface area contributed by atoms with Crippen LogP contribution >= 0.6 is 11.6 Å². The van der Waals surface area contributed by atoms with Crippen LogP contribution in [0.5, 0.6) is 0 Å². The molecule has 4 rings (SSSR count). The second-order valence-electron chi connectivity index (χ2n) is 7.43. The largest absolute Gasteiger partial charge is 0.392 e. The van der Waals surface area contributed by atoms with Crippen molar-refractivity contribution >= 4 is 39.6 Å². The van der Waals surface area contributed by atoms with E-state index >= 15 is 0 Å². The van der Waals surface area contributed by atoms with Gasteiger partial charge in [0.1, 0.15) is 0 Å². The number of aliphatic hydroxyl groups excluding tert-OH is 1. The van der Waals surface area contributed by atoms with Gasteiger partial charge in [-0.25, -0.2) is 0 Å². The number of hydrogen-bond acceptors (Lipinski definition) is 5. The summed E-state index contributed by atoms with van der Waals surface area (Å²) in [4.78, 5) is 9.23. The number of rotatable bonds is 4. The molecule has 1 atom stereocenters. The minimum Gasteiger partial charge on any atom is -0.392 e. The van der Waals surface area contributed by atoms with E-state index in [1.54, 1.807) is 6.20 Å². The predicted molar refractivity (Wildman–Crippen MR) is 117 cm³/mol. The summed E-state index contributed by atoms with van der Waals surface area (Å²) < 4.78 is 0. The third-order valence-electron chi connectivity index (χ3n) is 5.54. The Labute approximate surface area is 170 Å². The smallest absolute Gasteiger partial charge is 0.0737 e. The molecule has 2 heterocycles. The summed E-state index contributed by atoms with van der Waals surface area (Å²) in [7, 11) is 2.18. The molecule has 1 fully saturated rings. The van der Waals surface area contributed by atoms with E-state index < -0.39 is 0 Å². The number of aromatic nitrogens is 1. The first-order valence-electron chi connectivity index (χ1n) is 9.55. The van der Waals surface area contributed by atoms with Crippen molar-refractivity contribution < 1.29 is 5.11 Å². The van der Waals surface area contributed by atoms with Gasteiger partial charge in [0.05, 0.1) is 17.8 Å². The Morgan fingerprint density at radius 1 is 1.18 bits per heavy atom. The first-order valence-corrected chi connectivity index (χ1v) is 9.93. The molecule has 1 aromatic heterocycles. The summed E-state index contributed by atoms with van der Waals surface area (Å²) in [5.41, 5.74) is 4.63. The first-order chi connectivity index (χ1) is 13.5. The maximum absolute atomic E-state index is 9.75. The van der Waals surface area contributed by atoms with Crippen LogP contribution in [0.3, 0.4) is 0 Å². The molecule has 1 aliphatic rings. The van der Waals surface area contributed by atoms with Crippen LogP contribution in [-0.2, 0) is 6.61 Å². The fourth-order valence-corrected chi connectivity index (χ4v) is 3.82. The van der Waals surface area contributed by atoms with Crippen LogP contribution in [-0.4, -0.2) is 47.7 Å². The molecule has 0 saturated carbocycles. The molecule has 3 aromatic rings. The highest BCUT2D eigenvalue weighted by Crippen LogP contribution is 2.31. The number of hydrogen-bond donors (Lipinski definition) is 2. The van der Waals surface area contributed by atoms with Gasteiger partial charge in [-0.2, -0.15) is 0 Å². The highest BCUT2D eigenvalue weighted by molar-refractivity contribution is 6.31. The van der Waals surface area contributed by atoms with Crippen LogP contribution in [0.2, 0.25) is 5.02 Å². The van der Waals surface area contributed by atoms with Crippen LogP contribution < -0.4 is 10.2 Å². The summed E-state index contributed by atoms with van der Waals surface area (Å²) >= 11 is 6.10. The number of halogens is 1. The van der Waals surface area contributed by atoms with Gasteiger partial charge in [0.2, 0.25) is 0 Å². The number of likely N-dealkylation sites (N-methyl/N-ethyl adjacent to an activating group) is 1. The van der Waals surface area contributed by atoms with Gasteiger partial charge in [0, 0.05) is 59.2 Å². The van der Waals surface area contributed by atoms with Gasteiger partial charge in [-0.1, -0.05) is 11.6 Å². The lowest BCUT2D eigenvalue weighted by Crippen LogP contribution is -2.50. The van der Waals surface area contributed by atoms with Crippen LogP contribution in [0.15, 0.2) is 48.7 Å². The summed E-state index contributed by atoms with van der Waals surface area (Å²) in [6, 6.07) is 14.6. The van der Waals surface area contributed by atoms with Crippen molar-refractivity contribution in [3.05, 3.63) is 59.2 Å². The number of piperazine rings is 1. The Balaban J connectivity index is 1.59. The summed E-state index contributed by atoms with van der Waals surface area (Å²) in [6.45, 7) is 5.34. The number of fused-ring (bicyclic) bond motifs is 1. The van der Waals surface area contributed by atoms with Crippen LogP contribution in [0.4, 0.5) is 17.1 Å². The van der Waals surface area contributed by atoms with E-state index in [0.29, 0.717) is 11.1 Å². The van der Waals surface area contributed by atoms with Crippen molar-refractivity contribution in [3.8, 4) is 0 Å². The third kappa shape index (κ3) is 3.78. The lowest BCUT2D eigenvalue weighted by Gasteiger charge is -2.39. The number of pyridine rings is 1. The molecule has 1 aliphatic heterocycles. The van der Waals surface area contributed by atoms with Crippen molar-refractivity contribution in [3.63, 3.8) is 0 Å². The van der Waals surface area contributed by atoms with Crippen LogP contribution in [0, 0.1) is 0 Å². The van der Waals surface area contributed by atoms with Gasteiger partial charge in [-0.15, -0.1) is 0 Å². The maximum atomic E-state index is 9.75. The molecule has 2 aromatic carbocycles. The zero-order chi connectivity index (χ0) is 19.7. The van der Waals surface area contributed by atoms with Crippen molar-refractivity contribution in [2.45, 2.75) is 19.6 Å². The molecule has 1 unspecified atom stereocenters. The Morgan fingerprint density at radius 2 is 1.96 bits per heavy atom. The number of benzene rings is 2. The molecule has 0 spiro atoms. The molecule has 2 N–H and O–H groups in total. The molecule has 28 heavy (non-hydrogen) atoms. The molecule has 1 saturated heterocycles. The van der Waals surface area contributed by atoms with E-state index in [9.17, 15) is 5.11 Å². The Bertz CT molecular complexity index is 976. The zero-order valence-corrected chi connectivity index (χ0v) is 16.9. The van der Waals surface area contributed by atoms with E-state index in [1.807, 2.05) is 18.2 Å². The monoisotopic (exact) mass is 396 g/mol. The Hall–Kier alpha value is -2.34. The predicted octanol–water partition coefficient (Wildman–Crippen LogP) is 4.26. The van der Waals surface area contributed by atoms with E-state index in [1.165, 1.54) is 5.69 Å². The number of anilines is 3. The molecular weight excluding hydrogens is 372 g/mol. The molecule has 0 radical (unpaired) electrons. The van der Waals surface area contributed by atoms with E-state index in [-0.39, 0.29) is 6.61 Å². The highest BCUT2D eigenvalue weighted by Gasteiger charge is 2.20. The number of aliphatic hydroxyl groups is 1. The van der Waals surface area contributed by atoms with E-state index in [0.717, 1.165) is 47.5 Å². The molecule has 6 heteroatoms. The average Bonchev–Trinajstić information content (AvgIpc) is 2.70. The van der Waals surface area contributed by atoms with Crippen molar-refractivity contribution in [2.24, 2.45) is 0 Å². The topological polar surface area (TPSA) is 51.6 Å². The van der Waals surface area contributed by atoms with Crippen molar-refractivity contribution in [1.29, 1.82) is 0 Å². The standard InChI is InChI=1S/C22H25ClN4O/c1-15-13-27(10-9-26(15)2)19-6-4-18(5-7-19)25-22-16(14-28)12-24-21-11-17(23)3-8-20(21)22/h3-8,11-12,15,28H,9-10,13-14H2,1-2H3,(H,24,25). The maximum Gasteiger partial charge on any atom is 0.0737 e. The van der Waals surface area contributed by atoms with Gasteiger partial charge in [0.25, 0.3) is 0 Å². The van der Waals surface area contributed by atoms with E-state index in [4.69, 9.17) is 11.6 Å². The average molecular weight is 397 g/mol. The molecule has 146 valence electrons. The molecule has 0 aliphatic carbocycles. The molecule has 0 amide bonds. The highest BCUT2D eigenvalue weighted by atomic mass is 35.5. The van der Waals surface area contributed by atoms with Gasteiger partial charge in [-0.05, 0) is 56.4 Å². The lowest BCUT2D eigenvalue weighted by atomic mass is 10.1. The van der Waals surface area contributed by atoms with Crippen LogP contribution in [0.1, 0.15) is 12.5 Å². The minimum absolute atomic E-state index is 0.0782. The van der Waals surface area contributed by atoms with Gasteiger partial charge in [0.15, 0.2) is 0 Å². The van der Waals surface area contributed by atoms with Gasteiger partial charge >= 0.3 is 0 Å². The minimum atomic E-state index is -0.0782. The van der Waals surface area contributed by atoms with E-state index in [2.05, 4.69) is 58.3 Å². The summed E-state index contributed by atoms with van der Waals surface area (Å²) in [6.07, 6.45) is 1.70. The molecule has 0 bridgehead atoms. The summed E-state index contributed by atoms with van der Waals surface area (Å²) in [5, 5.41) is 14.8. The van der Waals surface area contributed by atoms with Crippen LogP contribution in [0.25, 0.3) is 10.9 Å². The Kier molecular flexibility index (Phi) is 5.40. The fourth-order valence-electron chi connectivity index (χ4n) is 3.66. The third-order valence-corrected chi connectivity index (χ3v) is 5.78. The van der Waals surface area contributed by atoms with Crippen molar-refractivity contribution in [2.75, 3.05) is 36.9 Å². The second-order valence-corrected chi connectivity index (χ2v) is 7.86. The first kappa shape index (κ1) is 19.0. The Morgan fingerprint density at radius 3 is 2.68 bits per heavy atom. The fraction of sp³-hybridized carbons (Fsp3) is 0.318. The lowest BCUT2D eigenvalue weighted by molar-refractivity contribution is 0.234. The molecule has 5 nitrogen and oxygen atoms in total. The summed E-state index contributed by atoms with van der Waals surface area (Å²) in [5.74, 6) is 0. The number of nitrogens with zero attached hydrogens (tertiary/aromatic N) is 3. The number of nitrogens with one attached hydrogen (secondary N) is 1. The normalized spacial score (nSPS) is 17.9. The SMILES string of the molecule is CC1CN(c2ccc(Nc3c(CO)cnc4cc(Cl)ccc34)cc2)CCN1C. The quantitative estimate of drug-likeness (QED) is 0.690. The second kappa shape index (κ2) is 7.95. The van der Waals surface area contributed by atoms with Crippen molar-refractivity contribution in [1.82, 2.24) is 9.88 Å². The zero-order valence-electron chi connectivity index (χ0n) is 16.2.